The highest BCUT2D eigenvalue weighted by Crippen LogP contribution is 2.27. The minimum Gasteiger partial charge on any atom is -0.493 e. The summed E-state index contributed by atoms with van der Waals surface area (Å²) in [5, 5.41) is 7.36. The van der Waals surface area contributed by atoms with Crippen molar-refractivity contribution >= 4 is 0 Å². The Morgan fingerprint density at radius 2 is 2.10 bits per heavy atom. The Morgan fingerprint density at radius 1 is 1.30 bits per heavy atom. The summed E-state index contributed by atoms with van der Waals surface area (Å²) in [4.78, 5) is 4.42. The smallest absolute Gasteiger partial charge is 0.228 e. The van der Waals surface area contributed by atoms with E-state index in [9.17, 15) is 0 Å². The average molecular weight is 275 g/mol. The normalized spacial score (nSPS) is 11.0. The van der Waals surface area contributed by atoms with Crippen LogP contribution in [0.1, 0.15) is 26.7 Å². The molecule has 1 aromatic heterocycles. The van der Waals surface area contributed by atoms with Crippen molar-refractivity contribution in [2.24, 2.45) is 0 Å². The summed E-state index contributed by atoms with van der Waals surface area (Å²) < 4.78 is 10.9. The van der Waals surface area contributed by atoms with Gasteiger partial charge in [0.2, 0.25) is 11.7 Å². The highest BCUT2D eigenvalue weighted by Gasteiger charge is 2.12. The summed E-state index contributed by atoms with van der Waals surface area (Å²) in [6, 6.07) is 8.17. The van der Waals surface area contributed by atoms with Crippen molar-refractivity contribution in [3.8, 4) is 17.1 Å². The molecule has 5 heteroatoms. The zero-order chi connectivity index (χ0) is 14.4. The minimum atomic E-state index is 0.455. The van der Waals surface area contributed by atoms with Gasteiger partial charge in [0, 0.05) is 19.0 Å². The lowest BCUT2D eigenvalue weighted by Gasteiger charge is -2.06. The monoisotopic (exact) mass is 275 g/mol. The van der Waals surface area contributed by atoms with Gasteiger partial charge in [0.05, 0.1) is 12.2 Å². The van der Waals surface area contributed by atoms with Crippen molar-refractivity contribution in [3.05, 3.63) is 30.2 Å². The largest absolute Gasteiger partial charge is 0.493 e. The second-order valence-corrected chi connectivity index (χ2v) is 4.80. The van der Waals surface area contributed by atoms with E-state index in [-0.39, 0.29) is 0 Å². The first-order valence-electron chi connectivity index (χ1n) is 6.99. The van der Waals surface area contributed by atoms with Gasteiger partial charge in [-0.1, -0.05) is 31.1 Å². The molecule has 0 atom stereocenters. The molecule has 1 aromatic carbocycles. The number of hydrogen-bond acceptors (Lipinski definition) is 5. The molecule has 0 aliphatic carbocycles. The fourth-order valence-corrected chi connectivity index (χ4v) is 1.87. The number of nitrogens with one attached hydrogen (secondary N) is 1. The molecule has 0 fully saturated rings. The van der Waals surface area contributed by atoms with E-state index in [4.69, 9.17) is 9.26 Å². The lowest BCUT2D eigenvalue weighted by Crippen LogP contribution is -2.25. The van der Waals surface area contributed by atoms with E-state index < -0.39 is 0 Å². The molecular formula is C15H21N3O2. The van der Waals surface area contributed by atoms with E-state index in [1.807, 2.05) is 31.2 Å². The number of nitrogens with zero attached hydrogens (tertiary/aromatic N) is 2. The van der Waals surface area contributed by atoms with Crippen LogP contribution in [0.2, 0.25) is 0 Å². The Kier molecular flexibility index (Phi) is 5.12. The molecule has 0 aliphatic rings. The maximum atomic E-state index is 5.58. The summed E-state index contributed by atoms with van der Waals surface area (Å²) in [6.45, 7) is 7.61. The molecule has 2 aromatic rings. The second kappa shape index (κ2) is 7.05. The van der Waals surface area contributed by atoms with Crippen LogP contribution >= 0.6 is 0 Å². The van der Waals surface area contributed by atoms with Crippen molar-refractivity contribution in [2.45, 2.75) is 33.2 Å². The van der Waals surface area contributed by atoms with Crippen molar-refractivity contribution in [3.63, 3.8) is 0 Å². The van der Waals surface area contributed by atoms with Gasteiger partial charge in [0.15, 0.2) is 0 Å². The SMILES string of the molecule is CCOc1ccccc1-c1noc(CCNC(C)C)n1. The summed E-state index contributed by atoms with van der Waals surface area (Å²) >= 11 is 0. The van der Waals surface area contributed by atoms with Crippen LogP contribution in [0.5, 0.6) is 5.75 Å². The van der Waals surface area contributed by atoms with Crippen LogP contribution in [0.4, 0.5) is 0 Å². The lowest BCUT2D eigenvalue weighted by molar-refractivity contribution is 0.340. The van der Waals surface area contributed by atoms with Crippen LogP contribution in [0.15, 0.2) is 28.8 Å². The minimum absolute atomic E-state index is 0.455. The van der Waals surface area contributed by atoms with Gasteiger partial charge in [-0.15, -0.1) is 0 Å². The topological polar surface area (TPSA) is 60.2 Å². The molecule has 0 aliphatic heterocycles. The highest BCUT2D eigenvalue weighted by atomic mass is 16.5. The molecule has 0 saturated heterocycles. The molecule has 2 rings (SSSR count). The van der Waals surface area contributed by atoms with E-state index in [1.54, 1.807) is 0 Å². The second-order valence-electron chi connectivity index (χ2n) is 4.80. The van der Waals surface area contributed by atoms with E-state index in [1.165, 1.54) is 0 Å². The van der Waals surface area contributed by atoms with Gasteiger partial charge in [-0.25, -0.2) is 0 Å². The van der Waals surface area contributed by atoms with Crippen molar-refractivity contribution in [2.75, 3.05) is 13.2 Å². The molecule has 1 N–H and O–H groups in total. The highest BCUT2D eigenvalue weighted by molar-refractivity contribution is 5.63. The van der Waals surface area contributed by atoms with Gasteiger partial charge in [-0.2, -0.15) is 4.98 Å². The van der Waals surface area contributed by atoms with Gasteiger partial charge in [0.1, 0.15) is 5.75 Å². The standard InChI is InChI=1S/C15H21N3O2/c1-4-19-13-8-6-5-7-12(13)15-17-14(20-18-15)9-10-16-11(2)3/h5-8,11,16H,4,9-10H2,1-3H3. The fraction of sp³-hybridized carbons (Fsp3) is 0.467. The number of ether oxygens (including phenoxy) is 1. The third-order valence-corrected chi connectivity index (χ3v) is 2.79. The Bertz CT molecular complexity index is 537. The molecule has 0 saturated carbocycles. The molecule has 0 spiro atoms. The molecule has 5 nitrogen and oxygen atoms in total. The van der Waals surface area contributed by atoms with Crippen LogP contribution in [-0.4, -0.2) is 29.3 Å². The Labute approximate surface area is 119 Å². The molecule has 20 heavy (non-hydrogen) atoms. The molecule has 0 amide bonds. The van der Waals surface area contributed by atoms with Crippen LogP contribution in [0.3, 0.4) is 0 Å². The molecule has 108 valence electrons. The molecule has 0 unspecified atom stereocenters. The van der Waals surface area contributed by atoms with Crippen molar-refractivity contribution in [1.82, 2.24) is 15.5 Å². The molecular weight excluding hydrogens is 254 g/mol. The van der Waals surface area contributed by atoms with Crippen molar-refractivity contribution in [1.29, 1.82) is 0 Å². The van der Waals surface area contributed by atoms with E-state index in [0.29, 0.717) is 24.4 Å². The summed E-state index contributed by atoms with van der Waals surface area (Å²) in [6.07, 6.45) is 0.724. The Morgan fingerprint density at radius 3 is 2.85 bits per heavy atom. The average Bonchev–Trinajstić information content (AvgIpc) is 2.88. The van der Waals surface area contributed by atoms with Gasteiger partial charge in [-0.3, -0.25) is 0 Å². The molecule has 1 heterocycles. The molecule has 0 radical (unpaired) electrons. The van der Waals surface area contributed by atoms with E-state index in [2.05, 4.69) is 29.3 Å². The van der Waals surface area contributed by atoms with Gasteiger partial charge in [-0.05, 0) is 19.1 Å². The number of rotatable bonds is 7. The quantitative estimate of drug-likeness (QED) is 0.841. The predicted octanol–water partition coefficient (Wildman–Crippen LogP) is 2.68. The third-order valence-electron chi connectivity index (χ3n) is 2.79. The van der Waals surface area contributed by atoms with Gasteiger partial charge >= 0.3 is 0 Å². The molecule has 0 bridgehead atoms. The first-order chi connectivity index (χ1) is 9.70. The van der Waals surface area contributed by atoms with Crippen LogP contribution in [0.25, 0.3) is 11.4 Å². The maximum absolute atomic E-state index is 5.58. The van der Waals surface area contributed by atoms with Crippen LogP contribution < -0.4 is 10.1 Å². The number of aromatic nitrogens is 2. The maximum Gasteiger partial charge on any atom is 0.228 e. The number of benzene rings is 1. The fourth-order valence-electron chi connectivity index (χ4n) is 1.87. The summed E-state index contributed by atoms with van der Waals surface area (Å²) in [5.41, 5.74) is 0.862. The summed E-state index contributed by atoms with van der Waals surface area (Å²) in [5.74, 6) is 2.00. The van der Waals surface area contributed by atoms with E-state index in [0.717, 1.165) is 24.3 Å². The van der Waals surface area contributed by atoms with Gasteiger partial charge in [0.25, 0.3) is 0 Å². The number of para-hydroxylation sites is 1. The Balaban J connectivity index is 2.08. The van der Waals surface area contributed by atoms with Crippen molar-refractivity contribution < 1.29 is 9.26 Å². The lowest BCUT2D eigenvalue weighted by atomic mass is 10.2. The first kappa shape index (κ1) is 14.5. The van der Waals surface area contributed by atoms with Gasteiger partial charge < -0.3 is 14.6 Å². The van der Waals surface area contributed by atoms with Crippen LogP contribution in [0, 0.1) is 0 Å². The van der Waals surface area contributed by atoms with E-state index >= 15 is 0 Å². The Hall–Kier alpha value is -1.88. The zero-order valence-electron chi connectivity index (χ0n) is 12.2. The first-order valence-corrected chi connectivity index (χ1v) is 6.99. The zero-order valence-corrected chi connectivity index (χ0v) is 12.2. The number of hydrogen-bond donors (Lipinski definition) is 1. The summed E-state index contributed by atoms with van der Waals surface area (Å²) in [7, 11) is 0. The predicted molar refractivity (Wildman–Crippen MR) is 77.7 cm³/mol. The van der Waals surface area contributed by atoms with Crippen LogP contribution in [-0.2, 0) is 6.42 Å². The third kappa shape index (κ3) is 3.81.